The lowest BCUT2D eigenvalue weighted by atomic mass is 10.1. The average molecular weight is 354 g/mol. The highest BCUT2D eigenvalue weighted by atomic mass is 19.1. The number of halogens is 1. The van der Waals surface area contributed by atoms with Crippen LogP contribution in [-0.2, 0) is 22.6 Å². The number of benzene rings is 2. The van der Waals surface area contributed by atoms with Crippen molar-refractivity contribution < 1.29 is 14.0 Å². The molecule has 0 bridgehead atoms. The first-order valence-electron chi connectivity index (χ1n) is 8.99. The molecule has 1 saturated heterocycles. The van der Waals surface area contributed by atoms with Gasteiger partial charge in [0.15, 0.2) is 0 Å². The summed E-state index contributed by atoms with van der Waals surface area (Å²) in [5.74, 6) is -0.400. The second-order valence-corrected chi connectivity index (χ2v) is 6.58. The topological polar surface area (TPSA) is 49.4 Å². The van der Waals surface area contributed by atoms with Gasteiger partial charge >= 0.3 is 0 Å². The lowest BCUT2D eigenvalue weighted by molar-refractivity contribution is -0.138. The lowest BCUT2D eigenvalue weighted by Crippen LogP contribution is -2.45. The molecule has 1 aliphatic heterocycles. The van der Waals surface area contributed by atoms with E-state index < -0.39 is 0 Å². The molecular weight excluding hydrogens is 331 g/mol. The van der Waals surface area contributed by atoms with Crippen LogP contribution >= 0.6 is 0 Å². The molecule has 26 heavy (non-hydrogen) atoms. The fraction of sp³-hybridized carbons (Fsp3) is 0.333. The van der Waals surface area contributed by atoms with E-state index >= 15 is 0 Å². The van der Waals surface area contributed by atoms with Crippen LogP contribution in [0.2, 0.25) is 0 Å². The van der Waals surface area contributed by atoms with Crippen LogP contribution in [0.5, 0.6) is 0 Å². The molecule has 1 fully saturated rings. The standard InChI is InChI=1S/C21H23FN2O2/c22-18-11-8-16(9-12-18)10-13-20(25)24-14-4-7-19(24)21(26)23-15-17-5-2-1-3-6-17/h1-3,5-6,8-9,11-12,19H,4,7,10,13-15H2,(H,23,26). The summed E-state index contributed by atoms with van der Waals surface area (Å²) in [5, 5.41) is 2.93. The first kappa shape index (κ1) is 18.1. The molecule has 0 radical (unpaired) electrons. The molecule has 1 N–H and O–H groups in total. The maximum Gasteiger partial charge on any atom is 0.243 e. The van der Waals surface area contributed by atoms with Gasteiger partial charge in [0.1, 0.15) is 11.9 Å². The fourth-order valence-electron chi connectivity index (χ4n) is 3.29. The van der Waals surface area contributed by atoms with Crippen LogP contribution in [0.1, 0.15) is 30.4 Å². The van der Waals surface area contributed by atoms with E-state index in [1.165, 1.54) is 12.1 Å². The summed E-state index contributed by atoms with van der Waals surface area (Å²) in [4.78, 5) is 26.7. The molecule has 0 aromatic heterocycles. The number of amides is 2. The van der Waals surface area contributed by atoms with Crippen LogP contribution in [0.15, 0.2) is 54.6 Å². The van der Waals surface area contributed by atoms with Gasteiger partial charge in [0.2, 0.25) is 11.8 Å². The van der Waals surface area contributed by atoms with E-state index in [0.29, 0.717) is 32.4 Å². The van der Waals surface area contributed by atoms with Gasteiger partial charge in [-0.05, 0) is 42.5 Å². The van der Waals surface area contributed by atoms with Crippen molar-refractivity contribution in [2.75, 3.05) is 6.54 Å². The van der Waals surface area contributed by atoms with Crippen LogP contribution in [0.3, 0.4) is 0 Å². The second-order valence-electron chi connectivity index (χ2n) is 6.58. The number of likely N-dealkylation sites (tertiary alicyclic amines) is 1. The minimum Gasteiger partial charge on any atom is -0.350 e. The van der Waals surface area contributed by atoms with Crippen molar-refractivity contribution in [2.45, 2.75) is 38.3 Å². The summed E-state index contributed by atoms with van der Waals surface area (Å²) in [7, 11) is 0. The number of nitrogens with one attached hydrogen (secondary N) is 1. The van der Waals surface area contributed by atoms with Crippen molar-refractivity contribution in [3.05, 3.63) is 71.5 Å². The van der Waals surface area contributed by atoms with Crippen molar-refractivity contribution in [3.8, 4) is 0 Å². The van der Waals surface area contributed by atoms with Gasteiger partial charge in [0, 0.05) is 19.5 Å². The Morgan fingerprint density at radius 3 is 2.50 bits per heavy atom. The first-order chi connectivity index (χ1) is 12.6. The summed E-state index contributed by atoms with van der Waals surface area (Å²) >= 11 is 0. The molecule has 2 aromatic carbocycles. The third-order valence-electron chi connectivity index (χ3n) is 4.73. The molecule has 0 aliphatic carbocycles. The van der Waals surface area contributed by atoms with Gasteiger partial charge < -0.3 is 10.2 Å². The highest BCUT2D eigenvalue weighted by molar-refractivity contribution is 5.88. The van der Waals surface area contributed by atoms with Gasteiger partial charge in [-0.25, -0.2) is 4.39 Å². The fourth-order valence-corrected chi connectivity index (χ4v) is 3.29. The zero-order valence-corrected chi connectivity index (χ0v) is 14.7. The Labute approximate surface area is 153 Å². The number of nitrogens with zero attached hydrogens (tertiary/aromatic N) is 1. The molecule has 0 spiro atoms. The molecule has 1 aliphatic rings. The average Bonchev–Trinajstić information content (AvgIpc) is 3.16. The van der Waals surface area contributed by atoms with Crippen LogP contribution in [0, 0.1) is 5.82 Å². The molecule has 1 heterocycles. The molecule has 1 atom stereocenters. The Morgan fingerprint density at radius 1 is 1.04 bits per heavy atom. The highest BCUT2D eigenvalue weighted by Gasteiger charge is 2.33. The van der Waals surface area contributed by atoms with Gasteiger partial charge in [0.05, 0.1) is 0 Å². The largest absolute Gasteiger partial charge is 0.350 e. The zero-order chi connectivity index (χ0) is 18.4. The van der Waals surface area contributed by atoms with Gasteiger partial charge in [-0.1, -0.05) is 42.5 Å². The monoisotopic (exact) mass is 354 g/mol. The minimum atomic E-state index is -0.389. The van der Waals surface area contributed by atoms with E-state index in [9.17, 15) is 14.0 Å². The Hall–Kier alpha value is -2.69. The van der Waals surface area contributed by atoms with E-state index in [4.69, 9.17) is 0 Å². The molecule has 4 nitrogen and oxygen atoms in total. The number of rotatable bonds is 6. The molecule has 0 saturated carbocycles. The summed E-state index contributed by atoms with van der Waals surface area (Å²) in [6, 6.07) is 15.5. The number of carbonyl (C=O) groups excluding carboxylic acids is 2. The van der Waals surface area contributed by atoms with E-state index in [1.54, 1.807) is 17.0 Å². The van der Waals surface area contributed by atoms with Crippen LogP contribution < -0.4 is 5.32 Å². The smallest absolute Gasteiger partial charge is 0.243 e. The van der Waals surface area contributed by atoms with Gasteiger partial charge in [-0.3, -0.25) is 9.59 Å². The molecule has 5 heteroatoms. The summed E-state index contributed by atoms with van der Waals surface area (Å²) in [6.45, 7) is 1.08. The SMILES string of the molecule is O=C(NCc1ccccc1)C1CCCN1C(=O)CCc1ccc(F)cc1. The molecule has 2 amide bonds. The third kappa shape index (κ3) is 4.69. The van der Waals surface area contributed by atoms with Crippen LogP contribution in [-0.4, -0.2) is 29.3 Å². The van der Waals surface area contributed by atoms with E-state index in [2.05, 4.69) is 5.32 Å². The molecular formula is C21H23FN2O2. The van der Waals surface area contributed by atoms with Crippen molar-refractivity contribution in [2.24, 2.45) is 0 Å². The van der Waals surface area contributed by atoms with E-state index in [1.807, 2.05) is 30.3 Å². The summed E-state index contributed by atoms with van der Waals surface area (Å²) in [6.07, 6.45) is 2.41. The maximum atomic E-state index is 12.9. The zero-order valence-electron chi connectivity index (χ0n) is 14.7. The Bertz CT molecular complexity index is 746. The second kappa shape index (κ2) is 8.61. The van der Waals surface area contributed by atoms with Crippen molar-refractivity contribution in [1.82, 2.24) is 10.2 Å². The Kier molecular flexibility index (Phi) is 6.00. The maximum absolute atomic E-state index is 12.9. The quantitative estimate of drug-likeness (QED) is 0.867. The molecule has 2 aromatic rings. The van der Waals surface area contributed by atoms with Crippen LogP contribution in [0.25, 0.3) is 0 Å². The van der Waals surface area contributed by atoms with Gasteiger partial charge in [-0.2, -0.15) is 0 Å². The predicted molar refractivity (Wildman–Crippen MR) is 97.7 cm³/mol. The molecule has 1 unspecified atom stereocenters. The summed E-state index contributed by atoms with van der Waals surface area (Å²) in [5.41, 5.74) is 1.96. The predicted octanol–water partition coefficient (Wildman–Crippen LogP) is 3.07. The molecule has 136 valence electrons. The Balaban J connectivity index is 1.52. The van der Waals surface area contributed by atoms with Crippen LogP contribution in [0.4, 0.5) is 4.39 Å². The first-order valence-corrected chi connectivity index (χ1v) is 8.99. The number of aryl methyl sites for hydroxylation is 1. The number of hydrogen-bond acceptors (Lipinski definition) is 2. The van der Waals surface area contributed by atoms with Crippen molar-refractivity contribution in [1.29, 1.82) is 0 Å². The Morgan fingerprint density at radius 2 is 1.77 bits per heavy atom. The third-order valence-corrected chi connectivity index (χ3v) is 4.73. The van der Waals surface area contributed by atoms with Gasteiger partial charge in [-0.15, -0.1) is 0 Å². The van der Waals surface area contributed by atoms with E-state index in [0.717, 1.165) is 17.5 Å². The molecule has 3 rings (SSSR count). The normalized spacial score (nSPS) is 16.5. The number of hydrogen-bond donors (Lipinski definition) is 1. The van der Waals surface area contributed by atoms with Gasteiger partial charge in [0.25, 0.3) is 0 Å². The summed E-state index contributed by atoms with van der Waals surface area (Å²) < 4.78 is 12.9. The van der Waals surface area contributed by atoms with Crippen molar-refractivity contribution >= 4 is 11.8 Å². The number of carbonyl (C=O) groups is 2. The minimum absolute atomic E-state index is 0.0216. The van der Waals surface area contributed by atoms with Crippen molar-refractivity contribution in [3.63, 3.8) is 0 Å². The van der Waals surface area contributed by atoms with E-state index in [-0.39, 0.29) is 23.7 Å². The lowest BCUT2D eigenvalue weighted by Gasteiger charge is -2.24. The highest BCUT2D eigenvalue weighted by Crippen LogP contribution is 2.19.